The third-order valence-electron chi connectivity index (χ3n) is 3.53. The fourth-order valence-electron chi connectivity index (χ4n) is 2.34. The predicted molar refractivity (Wildman–Crippen MR) is 85.4 cm³/mol. The third-order valence-corrected chi connectivity index (χ3v) is 3.53. The Morgan fingerprint density at radius 2 is 1.62 bits per heavy atom. The van der Waals surface area contributed by atoms with E-state index in [4.69, 9.17) is 4.42 Å². The topological polar surface area (TPSA) is 30.2 Å². The molecule has 2 aromatic carbocycles. The third kappa shape index (κ3) is 2.62. The van der Waals surface area contributed by atoms with E-state index in [9.17, 15) is 4.79 Å². The molecular formula is C19H18O2. The molecule has 3 aromatic rings. The van der Waals surface area contributed by atoms with Crippen LogP contribution in [-0.2, 0) is 0 Å². The van der Waals surface area contributed by atoms with Crippen LogP contribution in [0, 0.1) is 5.41 Å². The van der Waals surface area contributed by atoms with E-state index < -0.39 is 5.41 Å². The van der Waals surface area contributed by atoms with Gasteiger partial charge in [0.05, 0.1) is 0 Å². The van der Waals surface area contributed by atoms with Gasteiger partial charge < -0.3 is 4.42 Å². The normalized spacial score (nSPS) is 11.8. The summed E-state index contributed by atoms with van der Waals surface area (Å²) in [6.45, 7) is 5.70. The van der Waals surface area contributed by atoms with Gasteiger partial charge in [-0.25, -0.2) is 0 Å². The average molecular weight is 278 g/mol. The maximum atomic E-state index is 12.3. The van der Waals surface area contributed by atoms with Gasteiger partial charge in [0.2, 0.25) is 5.78 Å². The van der Waals surface area contributed by atoms with Gasteiger partial charge in [-0.05, 0) is 29.3 Å². The molecule has 0 radical (unpaired) electrons. The molecule has 2 heteroatoms. The van der Waals surface area contributed by atoms with Crippen LogP contribution in [0.5, 0.6) is 0 Å². The lowest BCUT2D eigenvalue weighted by molar-refractivity contribution is 0.0831. The molecule has 2 nitrogen and oxygen atoms in total. The Hall–Kier alpha value is -2.35. The Bertz CT molecular complexity index is 789. The van der Waals surface area contributed by atoms with Gasteiger partial charge >= 0.3 is 0 Å². The van der Waals surface area contributed by atoms with Crippen molar-refractivity contribution >= 4 is 16.8 Å². The predicted octanol–water partition coefficient (Wildman–Crippen LogP) is 5.33. The summed E-state index contributed by atoms with van der Waals surface area (Å²) in [4.78, 5) is 12.3. The maximum Gasteiger partial charge on any atom is 0.203 e. The number of fused-ring (bicyclic) bond motifs is 1. The Morgan fingerprint density at radius 1 is 0.905 bits per heavy atom. The monoisotopic (exact) mass is 278 g/mol. The highest BCUT2D eigenvalue weighted by molar-refractivity contribution is 6.01. The average Bonchev–Trinajstić information content (AvgIpc) is 2.89. The van der Waals surface area contributed by atoms with Gasteiger partial charge in [0.1, 0.15) is 5.58 Å². The van der Waals surface area contributed by atoms with Crippen molar-refractivity contribution < 1.29 is 9.21 Å². The van der Waals surface area contributed by atoms with Crippen molar-refractivity contribution in [2.75, 3.05) is 0 Å². The first kappa shape index (κ1) is 13.6. The van der Waals surface area contributed by atoms with E-state index in [0.29, 0.717) is 5.76 Å². The lowest BCUT2D eigenvalue weighted by Crippen LogP contribution is -2.19. The van der Waals surface area contributed by atoms with Crippen molar-refractivity contribution in [3.63, 3.8) is 0 Å². The van der Waals surface area contributed by atoms with E-state index in [0.717, 1.165) is 22.1 Å². The Balaban J connectivity index is 2.06. The summed E-state index contributed by atoms with van der Waals surface area (Å²) < 4.78 is 5.70. The summed E-state index contributed by atoms with van der Waals surface area (Å²) in [5.41, 5.74) is 2.60. The number of furan rings is 1. The number of hydrogen-bond donors (Lipinski definition) is 0. The highest BCUT2D eigenvalue weighted by atomic mass is 16.3. The lowest BCUT2D eigenvalue weighted by atomic mass is 9.89. The molecule has 1 aromatic heterocycles. The smallest absolute Gasteiger partial charge is 0.203 e. The van der Waals surface area contributed by atoms with Crippen LogP contribution in [-0.4, -0.2) is 5.78 Å². The largest absolute Gasteiger partial charge is 0.453 e. The van der Waals surface area contributed by atoms with Gasteiger partial charge in [-0.15, -0.1) is 0 Å². The molecule has 3 rings (SSSR count). The first-order valence-corrected chi connectivity index (χ1v) is 7.09. The van der Waals surface area contributed by atoms with Crippen LogP contribution in [0.3, 0.4) is 0 Å². The van der Waals surface area contributed by atoms with Crippen molar-refractivity contribution in [1.82, 2.24) is 0 Å². The second kappa shape index (κ2) is 4.88. The van der Waals surface area contributed by atoms with Crippen LogP contribution in [0.2, 0.25) is 0 Å². The minimum Gasteiger partial charge on any atom is -0.453 e. The Kier molecular flexibility index (Phi) is 3.17. The number of Topliss-reactive ketones (excluding diaryl/α,β-unsaturated/α-hetero) is 1. The van der Waals surface area contributed by atoms with Crippen molar-refractivity contribution in [1.29, 1.82) is 0 Å². The van der Waals surface area contributed by atoms with Crippen molar-refractivity contribution in [2.45, 2.75) is 20.8 Å². The zero-order valence-electron chi connectivity index (χ0n) is 12.5. The molecule has 0 amide bonds. The zero-order valence-corrected chi connectivity index (χ0v) is 12.5. The SMILES string of the molecule is CC(C)(C)C(=O)c1cc2cc(-c3ccccc3)ccc2o1. The molecular weight excluding hydrogens is 260 g/mol. The standard InChI is InChI=1S/C19H18O2/c1-19(2,3)18(20)17-12-15-11-14(9-10-16(15)21-17)13-7-5-4-6-8-13/h4-12H,1-3H3. The van der Waals surface area contributed by atoms with E-state index in [1.807, 2.05) is 57.2 Å². The van der Waals surface area contributed by atoms with Gasteiger partial charge in [-0.2, -0.15) is 0 Å². The van der Waals surface area contributed by atoms with Crippen LogP contribution < -0.4 is 0 Å². The van der Waals surface area contributed by atoms with Gasteiger partial charge in [-0.1, -0.05) is 57.2 Å². The van der Waals surface area contributed by atoms with Crippen LogP contribution in [0.4, 0.5) is 0 Å². The summed E-state index contributed by atoms with van der Waals surface area (Å²) in [7, 11) is 0. The molecule has 0 aliphatic carbocycles. The molecule has 106 valence electrons. The zero-order chi connectivity index (χ0) is 15.0. The van der Waals surface area contributed by atoms with Gasteiger partial charge in [0, 0.05) is 10.8 Å². The maximum absolute atomic E-state index is 12.3. The van der Waals surface area contributed by atoms with Crippen molar-refractivity contribution in [3.8, 4) is 11.1 Å². The van der Waals surface area contributed by atoms with E-state index in [-0.39, 0.29) is 5.78 Å². The summed E-state index contributed by atoms with van der Waals surface area (Å²) in [6.07, 6.45) is 0. The number of rotatable bonds is 2. The number of benzene rings is 2. The lowest BCUT2D eigenvalue weighted by Gasteiger charge is -2.13. The minimum atomic E-state index is -0.434. The van der Waals surface area contributed by atoms with Crippen LogP contribution in [0.25, 0.3) is 22.1 Å². The van der Waals surface area contributed by atoms with Crippen LogP contribution >= 0.6 is 0 Å². The molecule has 0 atom stereocenters. The molecule has 0 unspecified atom stereocenters. The number of hydrogen-bond acceptors (Lipinski definition) is 2. The number of ketones is 1. The minimum absolute atomic E-state index is 0.0277. The summed E-state index contributed by atoms with van der Waals surface area (Å²) >= 11 is 0. The molecule has 0 saturated carbocycles. The van der Waals surface area contributed by atoms with Crippen LogP contribution in [0.15, 0.2) is 59.0 Å². The van der Waals surface area contributed by atoms with Crippen LogP contribution in [0.1, 0.15) is 31.3 Å². The first-order valence-electron chi connectivity index (χ1n) is 7.09. The first-order chi connectivity index (χ1) is 9.95. The fraction of sp³-hybridized carbons (Fsp3) is 0.211. The van der Waals surface area contributed by atoms with E-state index in [1.165, 1.54) is 0 Å². The van der Waals surface area contributed by atoms with Crippen molar-refractivity contribution in [3.05, 3.63) is 60.4 Å². The van der Waals surface area contributed by atoms with Gasteiger partial charge in [-0.3, -0.25) is 4.79 Å². The van der Waals surface area contributed by atoms with Crippen molar-refractivity contribution in [2.24, 2.45) is 5.41 Å². The molecule has 0 spiro atoms. The molecule has 0 bridgehead atoms. The highest BCUT2D eigenvalue weighted by Crippen LogP contribution is 2.29. The Morgan fingerprint density at radius 3 is 2.29 bits per heavy atom. The fourth-order valence-corrected chi connectivity index (χ4v) is 2.34. The van der Waals surface area contributed by atoms with E-state index >= 15 is 0 Å². The molecule has 0 N–H and O–H groups in total. The molecule has 0 aliphatic heterocycles. The quantitative estimate of drug-likeness (QED) is 0.593. The summed E-state index contributed by atoms with van der Waals surface area (Å²) in [5.74, 6) is 0.461. The molecule has 0 aliphatic rings. The van der Waals surface area contributed by atoms with E-state index in [2.05, 4.69) is 18.2 Å². The molecule has 1 heterocycles. The second-order valence-electron chi connectivity index (χ2n) is 6.31. The summed E-state index contributed by atoms with van der Waals surface area (Å²) in [5, 5.41) is 0.962. The van der Waals surface area contributed by atoms with E-state index in [1.54, 1.807) is 0 Å². The highest BCUT2D eigenvalue weighted by Gasteiger charge is 2.26. The second-order valence-corrected chi connectivity index (χ2v) is 6.31. The number of carbonyl (C=O) groups excluding carboxylic acids is 1. The molecule has 21 heavy (non-hydrogen) atoms. The van der Waals surface area contributed by atoms with Gasteiger partial charge in [0.15, 0.2) is 5.76 Å². The van der Waals surface area contributed by atoms with Gasteiger partial charge in [0.25, 0.3) is 0 Å². The molecule has 0 saturated heterocycles. The Labute approximate surface area is 124 Å². The number of carbonyl (C=O) groups is 1. The summed E-state index contributed by atoms with van der Waals surface area (Å²) in [6, 6.07) is 18.0. The molecule has 0 fully saturated rings.